The van der Waals surface area contributed by atoms with Crippen LogP contribution in [0.1, 0.15) is 0 Å². The summed E-state index contributed by atoms with van der Waals surface area (Å²) in [6, 6.07) is 0. The monoisotopic (exact) mass is 189 g/mol. The molecule has 0 aromatic rings. The van der Waals surface area contributed by atoms with Crippen LogP contribution in [0.3, 0.4) is 0 Å². The Morgan fingerprint density at radius 2 is 1.71 bits per heavy atom. The number of rotatable bonds is 0. The van der Waals surface area contributed by atoms with E-state index in [4.69, 9.17) is 4.74 Å². The van der Waals surface area contributed by atoms with E-state index >= 15 is 0 Å². The van der Waals surface area contributed by atoms with E-state index < -0.39 is 0 Å². The smallest absolute Gasteiger partial charge is 0.0277 e. The van der Waals surface area contributed by atoms with Crippen LogP contribution in [0.25, 0.3) is 5.32 Å². The predicted molar refractivity (Wildman–Crippen MR) is 23.9 cm³/mol. The molecule has 7 heavy (non-hydrogen) atoms. The number of morpholine rings is 1. The molecule has 1 heterocycles. The van der Waals surface area contributed by atoms with Crippen molar-refractivity contribution in [3.63, 3.8) is 0 Å². The molecule has 0 atom stereocenters. The molecular weight excluding hydrogens is 181 g/mol. The van der Waals surface area contributed by atoms with Gasteiger partial charge in [-0.25, -0.2) is 0 Å². The Morgan fingerprint density at radius 3 is 1.86 bits per heavy atom. The van der Waals surface area contributed by atoms with E-state index in [0.717, 1.165) is 26.3 Å². The van der Waals surface area contributed by atoms with Crippen LogP contribution < -0.4 is 0 Å². The number of nitrogens with zero attached hydrogens (tertiary/aromatic N) is 1. The van der Waals surface area contributed by atoms with Crippen molar-refractivity contribution in [1.29, 1.82) is 0 Å². The third-order valence-corrected chi connectivity index (χ3v) is 0.787. The van der Waals surface area contributed by atoms with Gasteiger partial charge in [0.05, 0.1) is 0 Å². The molecule has 0 aromatic heterocycles. The van der Waals surface area contributed by atoms with Crippen molar-refractivity contribution >= 4 is 0 Å². The molecule has 2 nitrogen and oxygen atoms in total. The summed E-state index contributed by atoms with van der Waals surface area (Å²) in [5, 5.41) is 4.05. The predicted octanol–water partition coefficient (Wildman–Crippen LogP) is 0.388. The van der Waals surface area contributed by atoms with E-state index in [1.807, 2.05) is 0 Å². The second-order valence-electron chi connectivity index (χ2n) is 1.28. The Labute approximate surface area is 56.4 Å². The van der Waals surface area contributed by atoms with Crippen LogP contribution in [0, 0.1) is 0 Å². The minimum atomic E-state index is 0. The molecule has 0 saturated carbocycles. The summed E-state index contributed by atoms with van der Waals surface area (Å²) in [4.78, 5) is 0. The Kier molecular flexibility index (Phi) is 5.06. The van der Waals surface area contributed by atoms with Crippen molar-refractivity contribution in [1.82, 2.24) is 0 Å². The Bertz CT molecular complexity index is 27.2. The molecule has 1 fully saturated rings. The van der Waals surface area contributed by atoms with Gasteiger partial charge in [0, 0.05) is 32.7 Å². The first-order valence-electron chi connectivity index (χ1n) is 2.21. The molecule has 0 spiro atoms. The van der Waals surface area contributed by atoms with Crippen LogP contribution in [0.4, 0.5) is 0 Å². The van der Waals surface area contributed by atoms with E-state index in [1.54, 1.807) is 0 Å². The zero-order valence-electron chi connectivity index (χ0n) is 4.02. The van der Waals surface area contributed by atoms with Gasteiger partial charge in [0.15, 0.2) is 0 Å². The van der Waals surface area contributed by atoms with Crippen LogP contribution >= 0.6 is 0 Å². The van der Waals surface area contributed by atoms with Gasteiger partial charge in [-0.15, -0.1) is 13.1 Å². The van der Waals surface area contributed by atoms with Gasteiger partial charge in [-0.1, -0.05) is 0 Å². The molecule has 0 bridgehead atoms. The molecule has 1 aliphatic rings. The zero-order valence-corrected chi connectivity index (χ0v) is 5.66. The van der Waals surface area contributed by atoms with Crippen molar-refractivity contribution in [2.45, 2.75) is 0 Å². The van der Waals surface area contributed by atoms with E-state index in [0.29, 0.717) is 0 Å². The minimum absolute atomic E-state index is 0. The summed E-state index contributed by atoms with van der Waals surface area (Å²) in [5.74, 6) is 0. The van der Waals surface area contributed by atoms with Crippen LogP contribution in [0.2, 0.25) is 0 Å². The standard InChI is InChI=1S/C4H8NO.Rh/c1-3-6-4-2-5-1;/h1-4H2;/q-1;. The topological polar surface area (TPSA) is 23.3 Å². The third-order valence-electron chi connectivity index (χ3n) is 0.787. The molecule has 0 amide bonds. The molecule has 45 valence electrons. The SMILES string of the molecule is C1COCC[N-]1.[Rh]. The fourth-order valence-electron chi connectivity index (χ4n) is 0.472. The quantitative estimate of drug-likeness (QED) is 0.505. The van der Waals surface area contributed by atoms with Crippen LogP contribution in [0.5, 0.6) is 0 Å². The first-order valence-corrected chi connectivity index (χ1v) is 2.21. The maximum Gasteiger partial charge on any atom is 0.0277 e. The van der Waals surface area contributed by atoms with Crippen LogP contribution in [-0.2, 0) is 24.2 Å². The molecule has 1 rings (SSSR count). The second-order valence-corrected chi connectivity index (χ2v) is 1.28. The van der Waals surface area contributed by atoms with E-state index in [1.165, 1.54) is 0 Å². The van der Waals surface area contributed by atoms with Gasteiger partial charge in [0.2, 0.25) is 0 Å². The molecule has 0 N–H and O–H groups in total. The largest absolute Gasteiger partial charge is 0.659 e. The molecule has 1 radical (unpaired) electrons. The average Bonchev–Trinajstić information content (AvgIpc) is 1.72. The Balaban J connectivity index is 0.000000360. The number of hydrogen-bond acceptors (Lipinski definition) is 1. The number of hydrogen-bond donors (Lipinski definition) is 0. The van der Waals surface area contributed by atoms with Crippen LogP contribution in [-0.4, -0.2) is 26.3 Å². The van der Waals surface area contributed by atoms with E-state index in [9.17, 15) is 0 Å². The molecule has 1 aliphatic heterocycles. The molecule has 0 aliphatic carbocycles. The van der Waals surface area contributed by atoms with Gasteiger partial charge in [-0.3, -0.25) is 0 Å². The van der Waals surface area contributed by atoms with E-state index in [2.05, 4.69) is 5.32 Å². The van der Waals surface area contributed by atoms with Crippen molar-refractivity contribution in [3.8, 4) is 0 Å². The molecule has 0 unspecified atom stereocenters. The fraction of sp³-hybridized carbons (Fsp3) is 1.00. The first kappa shape index (κ1) is 7.54. The first-order chi connectivity index (χ1) is 3.00. The summed E-state index contributed by atoms with van der Waals surface area (Å²) in [7, 11) is 0. The fourth-order valence-corrected chi connectivity index (χ4v) is 0.472. The average molecular weight is 189 g/mol. The summed E-state index contributed by atoms with van der Waals surface area (Å²) in [6.45, 7) is 3.47. The Hall–Kier alpha value is 0.543. The summed E-state index contributed by atoms with van der Waals surface area (Å²) in [6.07, 6.45) is 0. The normalized spacial score (nSPS) is 20.6. The third kappa shape index (κ3) is 3.15. The summed E-state index contributed by atoms with van der Waals surface area (Å²) >= 11 is 0. The minimum Gasteiger partial charge on any atom is -0.659 e. The molecule has 1 saturated heterocycles. The second kappa shape index (κ2) is 4.70. The van der Waals surface area contributed by atoms with Crippen molar-refractivity contribution < 1.29 is 24.2 Å². The van der Waals surface area contributed by atoms with Gasteiger partial charge in [0.25, 0.3) is 0 Å². The molecule has 0 aromatic carbocycles. The van der Waals surface area contributed by atoms with Gasteiger partial charge in [-0.2, -0.15) is 0 Å². The number of ether oxygens (including phenoxy) is 1. The maximum atomic E-state index is 4.98. The van der Waals surface area contributed by atoms with Gasteiger partial charge in [0.1, 0.15) is 0 Å². The van der Waals surface area contributed by atoms with Crippen molar-refractivity contribution in [3.05, 3.63) is 5.32 Å². The Morgan fingerprint density at radius 1 is 1.14 bits per heavy atom. The van der Waals surface area contributed by atoms with E-state index in [-0.39, 0.29) is 19.5 Å². The van der Waals surface area contributed by atoms with Crippen LogP contribution in [0.15, 0.2) is 0 Å². The summed E-state index contributed by atoms with van der Waals surface area (Å²) in [5.41, 5.74) is 0. The van der Waals surface area contributed by atoms with Crippen molar-refractivity contribution in [2.75, 3.05) is 26.3 Å². The van der Waals surface area contributed by atoms with Gasteiger partial charge >= 0.3 is 0 Å². The zero-order chi connectivity index (χ0) is 4.24. The summed E-state index contributed by atoms with van der Waals surface area (Å²) < 4.78 is 4.98. The molecular formula is C4H8NORh-. The van der Waals surface area contributed by atoms with Gasteiger partial charge < -0.3 is 10.1 Å². The molecule has 3 heteroatoms. The maximum absolute atomic E-state index is 4.98. The van der Waals surface area contributed by atoms with Gasteiger partial charge in [-0.05, 0) is 0 Å². The van der Waals surface area contributed by atoms with Crippen molar-refractivity contribution in [2.24, 2.45) is 0 Å².